The Labute approximate surface area is 164 Å². The highest BCUT2D eigenvalue weighted by molar-refractivity contribution is 7.99. The molecule has 138 valence electrons. The van der Waals surface area contributed by atoms with Crippen LogP contribution in [0.4, 0.5) is 5.69 Å². The van der Waals surface area contributed by atoms with E-state index in [2.05, 4.69) is 4.98 Å². The lowest BCUT2D eigenvalue weighted by molar-refractivity contribution is -0.384. The Hall–Kier alpha value is -3.45. The summed E-state index contributed by atoms with van der Waals surface area (Å²) in [5.74, 6) is 0. The number of rotatable bonds is 5. The molecule has 0 N–H and O–H groups in total. The molecule has 0 bridgehead atoms. The molecule has 28 heavy (non-hydrogen) atoms. The first-order valence-electron chi connectivity index (χ1n) is 8.57. The van der Waals surface area contributed by atoms with Gasteiger partial charge in [-0.05, 0) is 29.8 Å². The van der Waals surface area contributed by atoms with Gasteiger partial charge in [-0.2, -0.15) is 0 Å². The van der Waals surface area contributed by atoms with Crippen molar-refractivity contribution in [2.75, 3.05) is 0 Å². The van der Waals surface area contributed by atoms with E-state index in [1.54, 1.807) is 22.8 Å². The zero-order valence-electron chi connectivity index (χ0n) is 14.7. The van der Waals surface area contributed by atoms with Gasteiger partial charge in [-0.1, -0.05) is 54.2 Å². The summed E-state index contributed by atoms with van der Waals surface area (Å²) in [7, 11) is 0. The summed E-state index contributed by atoms with van der Waals surface area (Å²) in [4.78, 5) is 29.0. The predicted molar refractivity (Wildman–Crippen MR) is 109 cm³/mol. The van der Waals surface area contributed by atoms with Gasteiger partial charge in [0, 0.05) is 17.0 Å². The molecule has 0 saturated heterocycles. The van der Waals surface area contributed by atoms with Crippen molar-refractivity contribution in [3.63, 3.8) is 0 Å². The van der Waals surface area contributed by atoms with Gasteiger partial charge in [-0.25, -0.2) is 4.98 Å². The van der Waals surface area contributed by atoms with Gasteiger partial charge >= 0.3 is 0 Å². The fourth-order valence-electron chi connectivity index (χ4n) is 2.87. The first kappa shape index (κ1) is 17.9. The third kappa shape index (κ3) is 3.65. The van der Waals surface area contributed by atoms with Gasteiger partial charge in [0.2, 0.25) is 0 Å². The largest absolute Gasteiger partial charge is 0.282 e. The summed E-state index contributed by atoms with van der Waals surface area (Å²) >= 11 is 1.31. The lowest BCUT2D eigenvalue weighted by Crippen LogP contribution is -2.23. The summed E-state index contributed by atoms with van der Waals surface area (Å²) in [6, 6.07) is 23.2. The van der Waals surface area contributed by atoms with E-state index in [1.165, 1.54) is 23.9 Å². The van der Waals surface area contributed by atoms with Gasteiger partial charge in [0.1, 0.15) is 0 Å². The highest BCUT2D eigenvalue weighted by atomic mass is 32.2. The van der Waals surface area contributed by atoms with Crippen LogP contribution < -0.4 is 5.56 Å². The molecule has 0 radical (unpaired) electrons. The van der Waals surface area contributed by atoms with Crippen molar-refractivity contribution in [1.82, 2.24) is 9.55 Å². The molecule has 1 heterocycles. The first-order chi connectivity index (χ1) is 13.6. The Bertz CT molecular complexity index is 1210. The molecular formula is C21H15N3O3S. The summed E-state index contributed by atoms with van der Waals surface area (Å²) in [6.07, 6.45) is 0. The van der Waals surface area contributed by atoms with Gasteiger partial charge in [0.15, 0.2) is 5.16 Å². The Kier molecular flexibility index (Phi) is 4.90. The van der Waals surface area contributed by atoms with Crippen LogP contribution in [0.5, 0.6) is 0 Å². The van der Waals surface area contributed by atoms with Crippen LogP contribution in [-0.2, 0) is 6.54 Å². The summed E-state index contributed by atoms with van der Waals surface area (Å²) in [6.45, 7) is 0.396. The molecule has 0 fully saturated rings. The van der Waals surface area contributed by atoms with Crippen LogP contribution in [0.1, 0.15) is 5.56 Å². The molecule has 0 saturated carbocycles. The molecule has 0 unspecified atom stereocenters. The molecule has 1 aromatic heterocycles. The minimum Gasteiger partial charge on any atom is -0.282 e. The van der Waals surface area contributed by atoms with Crippen LogP contribution in [0.2, 0.25) is 0 Å². The highest BCUT2D eigenvalue weighted by Crippen LogP contribution is 2.28. The van der Waals surface area contributed by atoms with Crippen LogP contribution in [-0.4, -0.2) is 14.5 Å². The molecular weight excluding hydrogens is 374 g/mol. The third-order valence-corrected chi connectivity index (χ3v) is 5.27. The number of aromatic nitrogens is 2. The molecule has 3 aromatic carbocycles. The normalized spacial score (nSPS) is 10.9. The van der Waals surface area contributed by atoms with E-state index in [0.717, 1.165) is 10.5 Å². The van der Waals surface area contributed by atoms with Gasteiger partial charge in [0.05, 0.1) is 22.4 Å². The van der Waals surface area contributed by atoms with Gasteiger partial charge in [0.25, 0.3) is 11.2 Å². The minimum absolute atomic E-state index is 0.0255. The molecule has 4 aromatic rings. The molecule has 7 heteroatoms. The fraction of sp³-hybridized carbons (Fsp3) is 0.0476. The Morgan fingerprint density at radius 2 is 1.61 bits per heavy atom. The molecule has 4 rings (SSSR count). The summed E-state index contributed by atoms with van der Waals surface area (Å²) < 4.78 is 1.64. The Morgan fingerprint density at radius 3 is 2.32 bits per heavy atom. The fourth-order valence-corrected chi connectivity index (χ4v) is 3.76. The van der Waals surface area contributed by atoms with E-state index < -0.39 is 4.92 Å². The number of non-ortho nitro benzene ring substituents is 1. The maximum Gasteiger partial charge on any atom is 0.269 e. The molecule has 0 amide bonds. The molecule has 0 atom stereocenters. The second-order valence-corrected chi connectivity index (χ2v) is 7.18. The van der Waals surface area contributed by atoms with E-state index in [4.69, 9.17) is 0 Å². The van der Waals surface area contributed by atoms with Gasteiger partial charge in [-0.3, -0.25) is 19.5 Å². The smallest absolute Gasteiger partial charge is 0.269 e. The van der Waals surface area contributed by atoms with E-state index in [9.17, 15) is 14.9 Å². The lowest BCUT2D eigenvalue weighted by Gasteiger charge is -2.13. The quantitative estimate of drug-likeness (QED) is 0.285. The predicted octanol–water partition coefficient (Wildman–Crippen LogP) is 4.50. The van der Waals surface area contributed by atoms with Crippen molar-refractivity contribution in [2.24, 2.45) is 0 Å². The van der Waals surface area contributed by atoms with E-state index in [1.807, 2.05) is 48.5 Å². The van der Waals surface area contributed by atoms with Crippen molar-refractivity contribution >= 4 is 28.4 Å². The highest BCUT2D eigenvalue weighted by Gasteiger charge is 2.13. The van der Waals surface area contributed by atoms with E-state index >= 15 is 0 Å². The van der Waals surface area contributed by atoms with Crippen molar-refractivity contribution in [2.45, 2.75) is 16.6 Å². The van der Waals surface area contributed by atoms with Crippen molar-refractivity contribution in [3.8, 4) is 0 Å². The summed E-state index contributed by atoms with van der Waals surface area (Å²) in [5, 5.41) is 12.0. The Balaban J connectivity index is 1.80. The number of nitrogens with zero attached hydrogens (tertiary/aromatic N) is 3. The molecule has 0 aliphatic carbocycles. The number of nitro benzene ring substituents is 1. The molecule has 0 spiro atoms. The van der Waals surface area contributed by atoms with Crippen LogP contribution in [0.25, 0.3) is 10.9 Å². The second-order valence-electron chi connectivity index (χ2n) is 6.14. The third-order valence-electron chi connectivity index (χ3n) is 4.27. The first-order valence-corrected chi connectivity index (χ1v) is 9.39. The Morgan fingerprint density at radius 1 is 0.929 bits per heavy atom. The van der Waals surface area contributed by atoms with Crippen LogP contribution >= 0.6 is 11.8 Å². The zero-order chi connectivity index (χ0) is 19.5. The average molecular weight is 389 g/mol. The second kappa shape index (κ2) is 7.66. The van der Waals surface area contributed by atoms with Gasteiger partial charge in [-0.15, -0.1) is 0 Å². The van der Waals surface area contributed by atoms with Gasteiger partial charge < -0.3 is 0 Å². The van der Waals surface area contributed by atoms with E-state index in [-0.39, 0.29) is 11.2 Å². The number of hydrogen-bond acceptors (Lipinski definition) is 5. The number of hydrogen-bond donors (Lipinski definition) is 0. The molecule has 0 aliphatic heterocycles. The van der Waals surface area contributed by atoms with Crippen LogP contribution in [0.15, 0.2) is 93.7 Å². The SMILES string of the molecule is O=c1c2ccccc2nc(Sc2ccc([N+](=O)[O-])cc2)n1Cc1ccccc1. The molecule has 0 aliphatic rings. The number of fused-ring (bicyclic) bond motifs is 1. The van der Waals surface area contributed by atoms with Crippen LogP contribution in [0, 0.1) is 10.1 Å². The zero-order valence-corrected chi connectivity index (χ0v) is 15.5. The lowest BCUT2D eigenvalue weighted by atomic mass is 10.2. The average Bonchev–Trinajstić information content (AvgIpc) is 2.72. The summed E-state index contributed by atoms with van der Waals surface area (Å²) in [5.41, 5.74) is 1.53. The maximum absolute atomic E-state index is 13.1. The number of benzene rings is 3. The minimum atomic E-state index is -0.436. The number of para-hydroxylation sites is 1. The van der Waals surface area contributed by atoms with Crippen molar-refractivity contribution in [1.29, 1.82) is 0 Å². The van der Waals surface area contributed by atoms with E-state index in [0.29, 0.717) is 22.6 Å². The van der Waals surface area contributed by atoms with Crippen molar-refractivity contribution in [3.05, 3.63) is 105 Å². The monoisotopic (exact) mass is 389 g/mol. The topological polar surface area (TPSA) is 78.0 Å². The standard InChI is InChI=1S/C21H15N3O3S/c25-20-18-8-4-5-9-19(18)22-21(23(20)14-15-6-2-1-3-7-15)28-17-12-10-16(11-13-17)24(26)27/h1-13H,14H2. The molecule has 6 nitrogen and oxygen atoms in total. The number of nitro groups is 1. The maximum atomic E-state index is 13.1. The van der Waals surface area contributed by atoms with Crippen LogP contribution in [0.3, 0.4) is 0 Å². The van der Waals surface area contributed by atoms with Crippen molar-refractivity contribution < 1.29 is 4.92 Å².